The molecule has 1 fully saturated rings. The van der Waals surface area contributed by atoms with Crippen molar-refractivity contribution in [3.8, 4) is 11.4 Å². The van der Waals surface area contributed by atoms with E-state index in [-0.39, 0.29) is 0 Å². The van der Waals surface area contributed by atoms with Gasteiger partial charge in [0.25, 0.3) is 0 Å². The second-order valence-corrected chi connectivity index (χ2v) is 7.17. The fraction of sp³-hybridized carbons (Fsp3) is 0.273. The maximum absolute atomic E-state index is 12.6. The molecule has 7 nitrogen and oxygen atoms in total. The maximum Gasteiger partial charge on any atom is 0.418 e. The van der Waals surface area contributed by atoms with E-state index in [1.807, 2.05) is 55.5 Å². The predicted molar refractivity (Wildman–Crippen MR) is 110 cm³/mol. The number of ether oxygens (including phenoxy) is 2. The smallest absolute Gasteiger partial charge is 0.410 e. The Morgan fingerprint density at radius 1 is 1.10 bits per heavy atom. The van der Waals surface area contributed by atoms with Crippen molar-refractivity contribution in [1.82, 2.24) is 9.78 Å². The Bertz CT molecular complexity index is 980. The quantitative estimate of drug-likeness (QED) is 0.705. The van der Waals surface area contributed by atoms with Crippen molar-refractivity contribution in [2.75, 3.05) is 18.5 Å². The number of rotatable bonds is 4. The van der Waals surface area contributed by atoms with Crippen LogP contribution in [0.1, 0.15) is 24.1 Å². The second-order valence-electron chi connectivity index (χ2n) is 7.17. The van der Waals surface area contributed by atoms with Gasteiger partial charge in [-0.25, -0.2) is 9.48 Å². The lowest BCUT2D eigenvalue weighted by Gasteiger charge is -2.32. The van der Waals surface area contributed by atoms with Crippen molar-refractivity contribution in [3.05, 3.63) is 71.9 Å². The minimum Gasteiger partial charge on any atom is -0.410 e. The first kappa shape index (κ1) is 19.2. The molecule has 1 aromatic heterocycles. The lowest BCUT2D eigenvalue weighted by Crippen LogP contribution is -2.43. The zero-order valence-corrected chi connectivity index (χ0v) is 16.3. The number of anilines is 1. The summed E-state index contributed by atoms with van der Waals surface area (Å²) in [5.41, 5.74) is 8.51. The molecule has 1 aliphatic heterocycles. The van der Waals surface area contributed by atoms with Crippen LogP contribution in [-0.2, 0) is 10.3 Å². The van der Waals surface area contributed by atoms with E-state index in [2.05, 4.69) is 5.32 Å². The summed E-state index contributed by atoms with van der Waals surface area (Å²) in [5.74, 6) is 1.01. The van der Waals surface area contributed by atoms with Gasteiger partial charge in [0.1, 0.15) is 11.6 Å². The van der Waals surface area contributed by atoms with Crippen molar-refractivity contribution in [2.24, 2.45) is 5.73 Å². The lowest BCUT2D eigenvalue weighted by molar-refractivity contribution is 0.0505. The molecule has 29 heavy (non-hydrogen) atoms. The van der Waals surface area contributed by atoms with Gasteiger partial charge < -0.3 is 15.2 Å². The number of carbonyl (C=O) groups excluding carboxylic acids is 1. The number of aromatic nitrogens is 2. The lowest BCUT2D eigenvalue weighted by atomic mass is 9.86. The molecule has 150 valence electrons. The number of nitrogens with one attached hydrogen (secondary N) is 1. The molecule has 0 bridgehead atoms. The molecule has 1 aliphatic rings. The third-order valence-electron chi connectivity index (χ3n) is 5.15. The standard InChI is InChI=1S/C22H24N4O3/c1-16-19(22(23)12-14-28-15-13-22)25-26(17-8-4-2-5-9-17)20(16)24-21(27)29-18-10-6-3-7-11-18/h2-11H,12-15,23H2,1H3,(H,24,27). The van der Waals surface area contributed by atoms with Crippen LogP contribution in [0.15, 0.2) is 60.7 Å². The zero-order valence-electron chi connectivity index (χ0n) is 16.3. The highest BCUT2D eigenvalue weighted by Crippen LogP contribution is 2.35. The van der Waals surface area contributed by atoms with E-state index in [0.29, 0.717) is 37.6 Å². The van der Waals surface area contributed by atoms with Gasteiger partial charge >= 0.3 is 6.09 Å². The molecule has 2 heterocycles. The highest BCUT2D eigenvalue weighted by Gasteiger charge is 2.36. The van der Waals surface area contributed by atoms with E-state index in [0.717, 1.165) is 16.9 Å². The van der Waals surface area contributed by atoms with Gasteiger partial charge in [0, 0.05) is 18.8 Å². The summed E-state index contributed by atoms with van der Waals surface area (Å²) in [4.78, 5) is 12.6. The fourth-order valence-electron chi connectivity index (χ4n) is 3.56. The van der Waals surface area contributed by atoms with Crippen LogP contribution in [0.4, 0.5) is 10.6 Å². The molecule has 7 heteroatoms. The van der Waals surface area contributed by atoms with Crippen LogP contribution >= 0.6 is 0 Å². The third kappa shape index (κ3) is 4.01. The molecule has 0 atom stereocenters. The first-order valence-electron chi connectivity index (χ1n) is 9.63. The van der Waals surface area contributed by atoms with Crippen molar-refractivity contribution in [3.63, 3.8) is 0 Å². The molecule has 0 radical (unpaired) electrons. The average Bonchev–Trinajstić information content (AvgIpc) is 3.07. The Kier molecular flexibility index (Phi) is 5.33. The molecule has 4 rings (SSSR count). The van der Waals surface area contributed by atoms with Gasteiger partial charge in [-0.2, -0.15) is 5.10 Å². The number of amides is 1. The molecule has 0 spiro atoms. The minimum atomic E-state index is -0.595. The van der Waals surface area contributed by atoms with Gasteiger partial charge in [-0.3, -0.25) is 5.32 Å². The number of hydrogen-bond donors (Lipinski definition) is 2. The highest BCUT2D eigenvalue weighted by atomic mass is 16.6. The first-order chi connectivity index (χ1) is 14.1. The molecule has 1 saturated heterocycles. The van der Waals surface area contributed by atoms with Gasteiger partial charge in [-0.05, 0) is 44.0 Å². The molecule has 1 amide bonds. The molecule has 3 aromatic rings. The summed E-state index contributed by atoms with van der Waals surface area (Å²) in [5, 5.41) is 7.66. The molecular formula is C22H24N4O3. The van der Waals surface area contributed by atoms with E-state index in [1.54, 1.807) is 16.8 Å². The summed E-state index contributed by atoms with van der Waals surface area (Å²) in [7, 11) is 0. The van der Waals surface area contributed by atoms with Crippen LogP contribution in [-0.4, -0.2) is 29.1 Å². The number of carbonyl (C=O) groups is 1. The molecule has 0 saturated carbocycles. The summed E-state index contributed by atoms with van der Waals surface area (Å²) in [6.07, 6.45) is 0.766. The van der Waals surface area contributed by atoms with Gasteiger partial charge in [-0.15, -0.1) is 0 Å². The van der Waals surface area contributed by atoms with Crippen LogP contribution in [0.2, 0.25) is 0 Å². The number of hydrogen-bond acceptors (Lipinski definition) is 5. The number of nitrogens with two attached hydrogens (primary N) is 1. The van der Waals surface area contributed by atoms with Gasteiger partial charge in [-0.1, -0.05) is 36.4 Å². The van der Waals surface area contributed by atoms with E-state index in [9.17, 15) is 4.79 Å². The normalized spacial score (nSPS) is 15.7. The Morgan fingerprint density at radius 3 is 2.38 bits per heavy atom. The second kappa shape index (κ2) is 8.06. The molecule has 0 unspecified atom stereocenters. The van der Waals surface area contributed by atoms with Crippen LogP contribution in [0, 0.1) is 6.92 Å². The van der Waals surface area contributed by atoms with Crippen molar-refractivity contribution in [1.29, 1.82) is 0 Å². The summed E-state index contributed by atoms with van der Waals surface area (Å²) < 4.78 is 12.6. The van der Waals surface area contributed by atoms with Gasteiger partial charge in [0.2, 0.25) is 0 Å². The van der Waals surface area contributed by atoms with Crippen LogP contribution in [0.5, 0.6) is 5.75 Å². The Morgan fingerprint density at radius 2 is 1.72 bits per heavy atom. The molecule has 0 aliphatic carbocycles. The SMILES string of the molecule is Cc1c(C2(N)CCOCC2)nn(-c2ccccc2)c1NC(=O)Oc1ccccc1. The Labute approximate surface area is 169 Å². The fourth-order valence-corrected chi connectivity index (χ4v) is 3.56. The van der Waals surface area contributed by atoms with Crippen molar-refractivity contribution in [2.45, 2.75) is 25.3 Å². The number of nitrogens with zero attached hydrogens (tertiary/aromatic N) is 2. The van der Waals surface area contributed by atoms with E-state index >= 15 is 0 Å². The van der Waals surface area contributed by atoms with Crippen LogP contribution in [0.25, 0.3) is 5.69 Å². The monoisotopic (exact) mass is 392 g/mol. The van der Waals surface area contributed by atoms with E-state index in [1.165, 1.54) is 0 Å². The van der Waals surface area contributed by atoms with Gasteiger partial charge in [0.05, 0.1) is 16.9 Å². The maximum atomic E-state index is 12.6. The largest absolute Gasteiger partial charge is 0.418 e. The Hall–Kier alpha value is -3.16. The highest BCUT2D eigenvalue weighted by molar-refractivity contribution is 5.86. The third-order valence-corrected chi connectivity index (χ3v) is 5.15. The summed E-state index contributed by atoms with van der Waals surface area (Å²) in [6.45, 7) is 3.10. The van der Waals surface area contributed by atoms with E-state index < -0.39 is 11.6 Å². The molecular weight excluding hydrogens is 368 g/mol. The van der Waals surface area contributed by atoms with Crippen molar-refractivity contribution < 1.29 is 14.3 Å². The Balaban J connectivity index is 1.70. The zero-order chi connectivity index (χ0) is 20.3. The van der Waals surface area contributed by atoms with Gasteiger partial charge in [0.15, 0.2) is 0 Å². The predicted octanol–water partition coefficient (Wildman–Crippen LogP) is 3.76. The number of benzene rings is 2. The minimum absolute atomic E-state index is 0.466. The van der Waals surface area contributed by atoms with Crippen LogP contribution in [0.3, 0.4) is 0 Å². The average molecular weight is 392 g/mol. The summed E-state index contributed by atoms with van der Waals surface area (Å²) in [6, 6.07) is 18.6. The molecule has 2 aromatic carbocycles. The first-order valence-corrected chi connectivity index (χ1v) is 9.63. The van der Waals surface area contributed by atoms with E-state index in [4.69, 9.17) is 20.3 Å². The molecule has 3 N–H and O–H groups in total. The van der Waals surface area contributed by atoms with Crippen LogP contribution < -0.4 is 15.8 Å². The van der Waals surface area contributed by atoms with Crippen molar-refractivity contribution >= 4 is 11.9 Å². The summed E-state index contributed by atoms with van der Waals surface area (Å²) >= 11 is 0. The topological polar surface area (TPSA) is 91.4 Å². The number of para-hydroxylation sites is 2.